The van der Waals surface area contributed by atoms with Crippen LogP contribution in [0.25, 0.3) is 0 Å². The molecule has 0 radical (unpaired) electrons. The summed E-state index contributed by atoms with van der Waals surface area (Å²) in [7, 11) is 0. The fourth-order valence-corrected chi connectivity index (χ4v) is 4.70. The highest BCUT2D eigenvalue weighted by atomic mass is 16.5. The first-order valence-electron chi connectivity index (χ1n) is 16.5. The number of unbranched alkanes of at least 4 members (excludes halogenated alkanes) is 22. The lowest BCUT2D eigenvalue weighted by Crippen LogP contribution is -2.05. The van der Waals surface area contributed by atoms with Crippen LogP contribution in [0.15, 0.2) is 0 Å². The standard InChI is InChI=1S/C33H64O4/c1-3-5-30-36-32(34)28-26-24-22-20-18-16-14-12-10-8-7-9-11-13-15-17-19-21-23-25-27-29-33(35)37-31-6-4-2/h3-31H2,1-2H3. The van der Waals surface area contributed by atoms with E-state index in [0.29, 0.717) is 26.1 Å². The van der Waals surface area contributed by atoms with E-state index in [2.05, 4.69) is 13.8 Å². The Morgan fingerprint density at radius 2 is 0.568 bits per heavy atom. The highest BCUT2D eigenvalue weighted by molar-refractivity contribution is 5.69. The first kappa shape index (κ1) is 35.9. The van der Waals surface area contributed by atoms with Gasteiger partial charge in [0.1, 0.15) is 0 Å². The molecule has 0 aromatic rings. The van der Waals surface area contributed by atoms with Gasteiger partial charge in [0.2, 0.25) is 0 Å². The minimum absolute atomic E-state index is 0.00830. The van der Waals surface area contributed by atoms with Crippen molar-refractivity contribution in [2.75, 3.05) is 13.2 Å². The molecule has 0 saturated heterocycles. The Balaban J connectivity index is 3.12. The molecule has 0 aliphatic carbocycles. The summed E-state index contributed by atoms with van der Waals surface area (Å²) < 4.78 is 10.4. The first-order chi connectivity index (χ1) is 18.2. The van der Waals surface area contributed by atoms with Crippen molar-refractivity contribution < 1.29 is 19.1 Å². The molecule has 4 heteroatoms. The summed E-state index contributed by atoms with van der Waals surface area (Å²) in [5, 5.41) is 0. The predicted molar refractivity (Wildman–Crippen MR) is 158 cm³/mol. The summed E-state index contributed by atoms with van der Waals surface area (Å²) in [5.41, 5.74) is 0. The summed E-state index contributed by atoms with van der Waals surface area (Å²) >= 11 is 0. The summed E-state index contributed by atoms with van der Waals surface area (Å²) in [6, 6.07) is 0. The molecule has 0 N–H and O–H groups in total. The predicted octanol–water partition coefficient (Wildman–Crippen LogP) is 10.6. The first-order valence-corrected chi connectivity index (χ1v) is 16.5. The second kappa shape index (κ2) is 31.2. The zero-order chi connectivity index (χ0) is 27.1. The Hall–Kier alpha value is -1.06. The van der Waals surface area contributed by atoms with Gasteiger partial charge in [-0.25, -0.2) is 0 Å². The number of hydrogen-bond acceptors (Lipinski definition) is 4. The van der Waals surface area contributed by atoms with Crippen molar-refractivity contribution in [3.63, 3.8) is 0 Å². The lowest BCUT2D eigenvalue weighted by atomic mass is 10.0. The van der Waals surface area contributed by atoms with Gasteiger partial charge in [-0.1, -0.05) is 149 Å². The highest BCUT2D eigenvalue weighted by Gasteiger charge is 2.03. The number of carbonyl (C=O) groups excluding carboxylic acids is 2. The van der Waals surface area contributed by atoms with Gasteiger partial charge in [-0.2, -0.15) is 0 Å². The van der Waals surface area contributed by atoms with Gasteiger partial charge in [0.15, 0.2) is 0 Å². The van der Waals surface area contributed by atoms with Crippen LogP contribution in [0.2, 0.25) is 0 Å². The molecule has 0 aromatic carbocycles. The average molecular weight is 525 g/mol. The van der Waals surface area contributed by atoms with Crippen molar-refractivity contribution in [3.05, 3.63) is 0 Å². The molecule has 0 rings (SSSR count). The van der Waals surface area contributed by atoms with Crippen LogP contribution in [-0.2, 0) is 19.1 Å². The normalized spacial score (nSPS) is 11.1. The number of ether oxygens (including phenoxy) is 2. The van der Waals surface area contributed by atoms with Crippen molar-refractivity contribution >= 4 is 11.9 Å². The molecule has 0 amide bonds. The fraction of sp³-hybridized carbons (Fsp3) is 0.939. The van der Waals surface area contributed by atoms with Crippen molar-refractivity contribution in [1.82, 2.24) is 0 Å². The molecule has 220 valence electrons. The van der Waals surface area contributed by atoms with Gasteiger partial charge in [-0.15, -0.1) is 0 Å². The molecule has 0 aliphatic rings. The Bertz CT molecular complexity index is 435. The van der Waals surface area contributed by atoms with Gasteiger partial charge in [0.25, 0.3) is 0 Å². The lowest BCUT2D eigenvalue weighted by Gasteiger charge is -2.05. The van der Waals surface area contributed by atoms with Crippen LogP contribution < -0.4 is 0 Å². The molecule has 0 atom stereocenters. The molecule has 0 aromatic heterocycles. The maximum absolute atomic E-state index is 11.5. The molecular formula is C33H64O4. The maximum atomic E-state index is 11.5. The molecule has 37 heavy (non-hydrogen) atoms. The smallest absolute Gasteiger partial charge is 0.305 e. The van der Waals surface area contributed by atoms with Crippen LogP contribution >= 0.6 is 0 Å². The highest BCUT2D eigenvalue weighted by Crippen LogP contribution is 2.15. The van der Waals surface area contributed by atoms with Crippen LogP contribution in [0.5, 0.6) is 0 Å². The minimum atomic E-state index is -0.00830. The van der Waals surface area contributed by atoms with Gasteiger partial charge >= 0.3 is 11.9 Å². The van der Waals surface area contributed by atoms with Gasteiger partial charge in [-0.05, 0) is 25.7 Å². The SMILES string of the molecule is CCCCOC(=O)CCCCCCCCCCCCCCCCCCCCCCCC(=O)OCCCC. The van der Waals surface area contributed by atoms with Crippen molar-refractivity contribution in [1.29, 1.82) is 0 Å². The van der Waals surface area contributed by atoms with Gasteiger partial charge < -0.3 is 9.47 Å². The van der Waals surface area contributed by atoms with Crippen LogP contribution in [0, 0.1) is 0 Å². The van der Waals surface area contributed by atoms with E-state index in [1.165, 1.54) is 122 Å². The topological polar surface area (TPSA) is 52.6 Å². The Labute approximate surface area is 231 Å². The van der Waals surface area contributed by atoms with Crippen molar-refractivity contribution in [3.8, 4) is 0 Å². The summed E-state index contributed by atoms with van der Waals surface area (Å²) in [6.07, 6.45) is 33.0. The lowest BCUT2D eigenvalue weighted by molar-refractivity contribution is -0.144. The fourth-order valence-electron chi connectivity index (χ4n) is 4.70. The third-order valence-electron chi connectivity index (χ3n) is 7.28. The molecule has 0 bridgehead atoms. The Kier molecular flexibility index (Phi) is 30.3. The summed E-state index contributed by atoms with van der Waals surface area (Å²) in [4.78, 5) is 23.1. The number of esters is 2. The largest absolute Gasteiger partial charge is 0.466 e. The maximum Gasteiger partial charge on any atom is 0.305 e. The van der Waals surface area contributed by atoms with Gasteiger partial charge in [0, 0.05) is 12.8 Å². The second-order valence-electron chi connectivity index (χ2n) is 11.1. The molecule has 0 fully saturated rings. The van der Waals surface area contributed by atoms with Crippen molar-refractivity contribution in [2.45, 2.75) is 187 Å². The Morgan fingerprint density at radius 1 is 0.351 bits per heavy atom. The number of hydrogen-bond donors (Lipinski definition) is 0. The van der Waals surface area contributed by atoms with Crippen molar-refractivity contribution in [2.24, 2.45) is 0 Å². The van der Waals surface area contributed by atoms with E-state index in [-0.39, 0.29) is 11.9 Å². The van der Waals surface area contributed by atoms with E-state index in [4.69, 9.17) is 9.47 Å². The minimum Gasteiger partial charge on any atom is -0.466 e. The Morgan fingerprint density at radius 3 is 0.784 bits per heavy atom. The molecule has 0 aliphatic heterocycles. The zero-order valence-corrected chi connectivity index (χ0v) is 25.1. The van der Waals surface area contributed by atoms with E-state index in [1.54, 1.807) is 0 Å². The van der Waals surface area contributed by atoms with E-state index in [9.17, 15) is 9.59 Å². The quantitative estimate of drug-likeness (QED) is 0.0692. The van der Waals surface area contributed by atoms with E-state index in [1.807, 2.05) is 0 Å². The molecule has 0 unspecified atom stereocenters. The van der Waals surface area contributed by atoms with E-state index in [0.717, 1.165) is 38.5 Å². The second-order valence-corrected chi connectivity index (χ2v) is 11.1. The zero-order valence-electron chi connectivity index (χ0n) is 25.1. The molecule has 0 spiro atoms. The molecule has 0 heterocycles. The third kappa shape index (κ3) is 31.1. The molecule has 0 saturated carbocycles. The molecule has 4 nitrogen and oxygen atoms in total. The summed E-state index contributed by atoms with van der Waals surface area (Å²) in [5.74, 6) is -0.0166. The monoisotopic (exact) mass is 524 g/mol. The van der Waals surface area contributed by atoms with Gasteiger partial charge in [-0.3, -0.25) is 9.59 Å². The summed E-state index contributed by atoms with van der Waals surface area (Å²) in [6.45, 7) is 5.42. The van der Waals surface area contributed by atoms with Gasteiger partial charge in [0.05, 0.1) is 13.2 Å². The third-order valence-corrected chi connectivity index (χ3v) is 7.28. The molecular weight excluding hydrogens is 460 g/mol. The van der Waals surface area contributed by atoms with E-state index >= 15 is 0 Å². The van der Waals surface area contributed by atoms with Crippen LogP contribution in [0.3, 0.4) is 0 Å². The van der Waals surface area contributed by atoms with Crippen LogP contribution in [0.4, 0.5) is 0 Å². The number of rotatable bonds is 30. The average Bonchev–Trinajstić information content (AvgIpc) is 2.89. The number of carbonyl (C=O) groups is 2. The van der Waals surface area contributed by atoms with Crippen LogP contribution in [0.1, 0.15) is 187 Å². The van der Waals surface area contributed by atoms with E-state index < -0.39 is 0 Å². The van der Waals surface area contributed by atoms with Crippen LogP contribution in [-0.4, -0.2) is 25.2 Å².